The first-order chi connectivity index (χ1) is 20.6. The van der Waals surface area contributed by atoms with Gasteiger partial charge in [0.1, 0.15) is 11.6 Å². The minimum absolute atomic E-state index is 0.00567. The number of nitrogens with zero attached hydrogens (tertiary/aromatic N) is 5. The van der Waals surface area contributed by atoms with Crippen LogP contribution in [0.15, 0.2) is 23.3 Å². The van der Waals surface area contributed by atoms with Gasteiger partial charge in [0.2, 0.25) is 5.91 Å². The number of ether oxygens (including phenoxy) is 1. The smallest absolute Gasteiger partial charge is 0.379 e. The van der Waals surface area contributed by atoms with Crippen LogP contribution in [0.3, 0.4) is 0 Å². The lowest BCUT2D eigenvalue weighted by Gasteiger charge is -2.47. The molecule has 1 saturated heterocycles. The van der Waals surface area contributed by atoms with Crippen molar-refractivity contribution in [1.82, 2.24) is 20.1 Å². The number of aromatic amines is 1. The highest BCUT2D eigenvalue weighted by molar-refractivity contribution is 6.05. The number of halogens is 6. The fourth-order valence-corrected chi connectivity index (χ4v) is 5.09. The largest absolute Gasteiger partial charge is 0.423 e. The van der Waals surface area contributed by atoms with Gasteiger partial charge in [-0.2, -0.15) is 31.4 Å². The zero-order valence-electron chi connectivity index (χ0n) is 24.3. The minimum atomic E-state index is -4.90. The van der Waals surface area contributed by atoms with E-state index in [1.807, 2.05) is 13.8 Å². The number of nitrogens with one attached hydrogen (secondary N) is 2. The van der Waals surface area contributed by atoms with Crippen LogP contribution in [0.25, 0.3) is 0 Å². The molecule has 2 aliphatic heterocycles. The fourth-order valence-electron chi connectivity index (χ4n) is 5.09. The highest BCUT2D eigenvalue weighted by Gasteiger charge is 2.44. The molecule has 2 amide bonds. The number of piperazine rings is 1. The van der Waals surface area contributed by atoms with E-state index in [4.69, 9.17) is 4.74 Å². The van der Waals surface area contributed by atoms with Gasteiger partial charge in [-0.15, -0.1) is 0 Å². The van der Waals surface area contributed by atoms with Crippen LogP contribution < -0.4 is 20.7 Å². The normalized spacial score (nSPS) is 17.9. The van der Waals surface area contributed by atoms with Crippen LogP contribution in [0, 0.1) is 5.92 Å². The summed E-state index contributed by atoms with van der Waals surface area (Å²) in [6, 6.07) is -0.551. The zero-order chi connectivity index (χ0) is 32.4. The summed E-state index contributed by atoms with van der Waals surface area (Å²) in [4.78, 5) is 46.7. The van der Waals surface area contributed by atoms with Gasteiger partial charge in [-0.05, 0) is 25.3 Å². The van der Waals surface area contributed by atoms with Gasteiger partial charge in [0.15, 0.2) is 5.82 Å². The monoisotopic (exact) mass is 633 g/mol. The number of anilines is 3. The van der Waals surface area contributed by atoms with Gasteiger partial charge in [0.05, 0.1) is 49.3 Å². The number of pyridine rings is 1. The summed E-state index contributed by atoms with van der Waals surface area (Å²) in [7, 11) is 0. The molecule has 2 aliphatic rings. The second-order valence-corrected chi connectivity index (χ2v) is 11.1. The molecule has 4 rings (SSSR count). The van der Waals surface area contributed by atoms with Gasteiger partial charge in [-0.3, -0.25) is 14.4 Å². The number of carbonyl (C=O) groups excluding carboxylic acids is 2. The van der Waals surface area contributed by atoms with Crippen molar-refractivity contribution in [3.05, 3.63) is 39.9 Å². The molecule has 0 radical (unpaired) electrons. The third-order valence-electron chi connectivity index (χ3n) is 7.32. The number of H-pyrrole nitrogens is 1. The molecule has 4 heterocycles. The SMILES string of the molecule is CC(C)CCN1C(=O)[C@@H]2CN(C(=O)CCOC[C@H](C)Nc3cn[nH]c(=O)c3C(F)(F)F)CCN2c2ncc(C(F)(F)F)cc21. The van der Waals surface area contributed by atoms with Gasteiger partial charge in [-0.25, -0.2) is 10.1 Å². The third kappa shape index (κ3) is 7.42. The first-order valence-electron chi connectivity index (χ1n) is 14.0. The quantitative estimate of drug-likeness (QED) is 0.301. The molecule has 1 fully saturated rings. The van der Waals surface area contributed by atoms with Crippen LogP contribution >= 0.6 is 0 Å². The summed E-state index contributed by atoms with van der Waals surface area (Å²) in [5, 5.41) is 7.69. The maximum atomic E-state index is 13.6. The predicted octanol–water partition coefficient (Wildman–Crippen LogP) is 3.52. The van der Waals surface area contributed by atoms with Crippen LogP contribution in [0.5, 0.6) is 0 Å². The molecular weight excluding hydrogens is 600 g/mol. The van der Waals surface area contributed by atoms with Crippen molar-refractivity contribution >= 4 is 29.0 Å². The van der Waals surface area contributed by atoms with Crippen LogP contribution in [0.1, 0.15) is 44.7 Å². The topological polar surface area (TPSA) is 124 Å². The number of rotatable bonds is 10. The number of alkyl halides is 6. The molecule has 242 valence electrons. The van der Waals surface area contributed by atoms with Gasteiger partial charge in [-0.1, -0.05) is 13.8 Å². The van der Waals surface area contributed by atoms with Crippen molar-refractivity contribution in [2.75, 3.05) is 54.5 Å². The van der Waals surface area contributed by atoms with Gasteiger partial charge in [0, 0.05) is 31.9 Å². The summed E-state index contributed by atoms with van der Waals surface area (Å²) in [5.41, 5.74) is -4.16. The van der Waals surface area contributed by atoms with E-state index >= 15 is 0 Å². The Hall–Kier alpha value is -3.89. The van der Waals surface area contributed by atoms with Crippen molar-refractivity contribution in [2.24, 2.45) is 5.92 Å². The number of aromatic nitrogens is 3. The Morgan fingerprint density at radius 1 is 1.11 bits per heavy atom. The Labute approximate surface area is 248 Å². The van der Waals surface area contributed by atoms with E-state index < -0.39 is 52.7 Å². The second-order valence-electron chi connectivity index (χ2n) is 11.1. The first kappa shape index (κ1) is 33.0. The molecule has 2 aromatic heterocycles. The van der Waals surface area contributed by atoms with E-state index in [1.165, 1.54) is 16.7 Å². The van der Waals surface area contributed by atoms with Crippen molar-refractivity contribution in [2.45, 2.75) is 58.0 Å². The van der Waals surface area contributed by atoms with Crippen molar-refractivity contribution in [3.63, 3.8) is 0 Å². The summed E-state index contributed by atoms with van der Waals surface area (Å²) in [6.07, 6.45) is -7.45. The van der Waals surface area contributed by atoms with E-state index in [0.29, 0.717) is 6.42 Å². The standard InChI is InChI=1S/C27H33F6N7O4/c1-15(2)4-6-40-19-10-17(26(28,29)30)11-34-23(19)39-8-7-38(13-20(39)25(40)43)21(41)5-9-44-14-16(3)36-18-12-35-37-24(42)22(18)27(31,32)33/h10-12,15-16,20H,4-9,13-14H2,1-3H3,(H2,36,37,42)/t16-,20-/m0/s1. The molecular formula is C27H33F6N7O4. The average molecular weight is 634 g/mol. The van der Waals surface area contributed by atoms with Gasteiger partial charge in [0.25, 0.3) is 11.5 Å². The number of carbonyl (C=O) groups is 2. The first-order valence-corrected chi connectivity index (χ1v) is 14.0. The van der Waals surface area contributed by atoms with Gasteiger partial charge >= 0.3 is 12.4 Å². The molecule has 0 aromatic carbocycles. The van der Waals surface area contributed by atoms with Crippen LogP contribution in [0.4, 0.5) is 43.5 Å². The molecule has 0 saturated carbocycles. The maximum absolute atomic E-state index is 13.6. The molecule has 17 heteroatoms. The number of amides is 2. The highest BCUT2D eigenvalue weighted by atomic mass is 19.4. The zero-order valence-corrected chi connectivity index (χ0v) is 24.3. The van der Waals surface area contributed by atoms with Crippen LogP contribution in [-0.2, 0) is 26.7 Å². The maximum Gasteiger partial charge on any atom is 0.423 e. The van der Waals surface area contributed by atoms with E-state index in [0.717, 1.165) is 18.5 Å². The lowest BCUT2D eigenvalue weighted by atomic mass is 10.0. The summed E-state index contributed by atoms with van der Waals surface area (Å²) in [6.45, 7) is 5.84. The van der Waals surface area contributed by atoms with E-state index in [9.17, 15) is 40.7 Å². The molecule has 2 atom stereocenters. The fraction of sp³-hybridized carbons (Fsp3) is 0.593. The molecule has 44 heavy (non-hydrogen) atoms. The number of hydrogen-bond acceptors (Lipinski definition) is 8. The Kier molecular flexibility index (Phi) is 9.75. The Morgan fingerprint density at radius 2 is 1.84 bits per heavy atom. The average Bonchev–Trinajstić information content (AvgIpc) is 2.93. The van der Waals surface area contributed by atoms with Crippen molar-refractivity contribution in [3.8, 4) is 0 Å². The molecule has 0 unspecified atom stereocenters. The molecule has 0 spiro atoms. The highest BCUT2D eigenvalue weighted by Crippen LogP contribution is 2.40. The number of fused-ring (bicyclic) bond motifs is 3. The Bertz CT molecular complexity index is 1410. The van der Waals surface area contributed by atoms with Gasteiger partial charge < -0.3 is 24.8 Å². The van der Waals surface area contributed by atoms with E-state index in [1.54, 1.807) is 10.00 Å². The van der Waals surface area contributed by atoms with E-state index in [-0.39, 0.29) is 69.1 Å². The molecule has 0 bridgehead atoms. The van der Waals surface area contributed by atoms with Crippen molar-refractivity contribution < 1.29 is 40.7 Å². The molecule has 2 N–H and O–H groups in total. The number of hydrogen-bond donors (Lipinski definition) is 2. The Morgan fingerprint density at radius 3 is 2.50 bits per heavy atom. The summed E-state index contributed by atoms with van der Waals surface area (Å²) >= 11 is 0. The minimum Gasteiger partial charge on any atom is -0.379 e. The summed E-state index contributed by atoms with van der Waals surface area (Å²) in [5.74, 6) is -0.298. The molecule has 11 nitrogen and oxygen atoms in total. The summed E-state index contributed by atoms with van der Waals surface area (Å²) < 4.78 is 85.6. The second kappa shape index (κ2) is 13.0. The molecule has 0 aliphatic carbocycles. The predicted molar refractivity (Wildman–Crippen MR) is 147 cm³/mol. The van der Waals surface area contributed by atoms with Crippen LogP contribution in [-0.4, -0.2) is 83.4 Å². The van der Waals surface area contributed by atoms with Crippen LogP contribution in [0.2, 0.25) is 0 Å². The van der Waals surface area contributed by atoms with E-state index in [2.05, 4.69) is 15.4 Å². The Balaban J connectivity index is 1.36. The lowest BCUT2D eigenvalue weighted by Crippen LogP contribution is -2.64. The third-order valence-corrected chi connectivity index (χ3v) is 7.32. The lowest BCUT2D eigenvalue weighted by molar-refractivity contribution is -0.138. The molecule has 2 aromatic rings. The van der Waals surface area contributed by atoms with Crippen molar-refractivity contribution in [1.29, 1.82) is 0 Å².